The van der Waals surface area contributed by atoms with Gasteiger partial charge in [0.15, 0.2) is 0 Å². The van der Waals surface area contributed by atoms with Gasteiger partial charge >= 0.3 is 0 Å². The second kappa shape index (κ2) is 7.59. The molecule has 6 unspecified atom stereocenters. The highest BCUT2D eigenvalue weighted by Gasteiger charge is 2.48. The summed E-state index contributed by atoms with van der Waals surface area (Å²) in [7, 11) is 0. The third kappa shape index (κ3) is 3.36. The van der Waals surface area contributed by atoms with E-state index < -0.39 is 5.91 Å². The molecule has 0 radical (unpaired) electrons. The van der Waals surface area contributed by atoms with Crippen molar-refractivity contribution in [1.82, 2.24) is 9.55 Å². The molecule has 4 rings (SSSR count). The first kappa shape index (κ1) is 17.8. The second-order valence-corrected chi connectivity index (χ2v) is 8.74. The molecule has 0 saturated heterocycles. The minimum Gasteiger partial charge on any atom is -0.334 e. The van der Waals surface area contributed by atoms with Gasteiger partial charge in [0.05, 0.1) is 12.0 Å². The van der Waals surface area contributed by atoms with E-state index in [0.717, 1.165) is 35.8 Å². The van der Waals surface area contributed by atoms with Gasteiger partial charge in [0.1, 0.15) is 0 Å². The van der Waals surface area contributed by atoms with Crippen molar-refractivity contribution in [3.05, 3.63) is 23.1 Å². The maximum atomic E-state index is 11.8. The number of aromatic nitrogens is 2. The van der Waals surface area contributed by atoms with Crippen molar-refractivity contribution in [1.29, 1.82) is 0 Å². The molecule has 26 heavy (non-hydrogen) atoms. The number of carbonyl (C=O) groups excluding carboxylic acids is 1. The Kier molecular flexibility index (Phi) is 5.20. The number of fused-ring (bicyclic) bond motifs is 2. The third-order valence-corrected chi connectivity index (χ3v) is 7.25. The average molecular weight is 358 g/mol. The number of carbonyl (C=O) groups is 1. The van der Waals surface area contributed by atoms with Crippen LogP contribution in [0.4, 0.5) is 0 Å². The summed E-state index contributed by atoms with van der Waals surface area (Å²) < 4.78 is 2.33. The summed E-state index contributed by atoms with van der Waals surface area (Å²) >= 11 is 0. The first-order chi connectivity index (χ1) is 12.7. The first-order valence-electron chi connectivity index (χ1n) is 10.3. The van der Waals surface area contributed by atoms with Crippen molar-refractivity contribution < 1.29 is 4.79 Å². The quantitative estimate of drug-likeness (QED) is 0.756. The monoisotopic (exact) mass is 358 g/mol. The van der Waals surface area contributed by atoms with Gasteiger partial charge in [-0.05, 0) is 68.7 Å². The lowest BCUT2D eigenvalue weighted by Crippen LogP contribution is -2.29. The lowest BCUT2D eigenvalue weighted by atomic mass is 9.75. The van der Waals surface area contributed by atoms with Gasteiger partial charge in [0.25, 0.3) is 5.91 Å². The van der Waals surface area contributed by atoms with Crippen LogP contribution in [0.5, 0.6) is 0 Å². The fourth-order valence-corrected chi connectivity index (χ4v) is 6.16. The molecule has 3 fully saturated rings. The molecule has 6 heteroatoms. The van der Waals surface area contributed by atoms with Gasteiger partial charge in [-0.3, -0.25) is 4.79 Å². The number of hydrogen-bond acceptors (Lipinski definition) is 4. The molecule has 0 spiro atoms. The Balaban J connectivity index is 1.49. The van der Waals surface area contributed by atoms with Gasteiger partial charge in [-0.15, -0.1) is 4.91 Å². The SMILES string of the molecule is NCCCC(Cc1cn(C2C3CCCC4CC2CC4C3)cn1)C(=O)N=O. The van der Waals surface area contributed by atoms with Crippen LogP contribution in [0.3, 0.4) is 0 Å². The molecule has 6 nitrogen and oxygen atoms in total. The molecule has 142 valence electrons. The van der Waals surface area contributed by atoms with Crippen LogP contribution >= 0.6 is 0 Å². The lowest BCUT2D eigenvalue weighted by molar-refractivity contribution is -0.121. The number of nitroso groups, excluding NO2 is 1. The zero-order valence-electron chi connectivity index (χ0n) is 15.4. The van der Waals surface area contributed by atoms with E-state index >= 15 is 0 Å². The summed E-state index contributed by atoms with van der Waals surface area (Å²) in [4.78, 5) is 27.1. The molecule has 3 saturated carbocycles. The summed E-state index contributed by atoms with van der Waals surface area (Å²) in [5.41, 5.74) is 6.45. The van der Waals surface area contributed by atoms with Crippen molar-refractivity contribution in [2.45, 2.75) is 63.8 Å². The topological polar surface area (TPSA) is 90.3 Å². The zero-order valence-corrected chi connectivity index (χ0v) is 15.4. The van der Waals surface area contributed by atoms with E-state index in [1.165, 1.54) is 38.5 Å². The van der Waals surface area contributed by atoms with Crippen LogP contribution in [0.15, 0.2) is 17.7 Å². The Hall–Kier alpha value is -1.56. The molecule has 3 aliphatic carbocycles. The Bertz CT molecular complexity index is 658. The highest BCUT2D eigenvalue weighted by molar-refractivity contribution is 5.79. The fourth-order valence-electron chi connectivity index (χ4n) is 6.16. The van der Waals surface area contributed by atoms with Crippen LogP contribution in [0.1, 0.15) is 63.1 Å². The van der Waals surface area contributed by atoms with E-state index in [9.17, 15) is 9.70 Å². The Morgan fingerprint density at radius 1 is 1.23 bits per heavy atom. The maximum absolute atomic E-state index is 11.8. The highest BCUT2D eigenvalue weighted by atomic mass is 16.3. The van der Waals surface area contributed by atoms with Gasteiger partial charge in [0.2, 0.25) is 0 Å². The van der Waals surface area contributed by atoms with Crippen molar-refractivity contribution in [3.8, 4) is 0 Å². The van der Waals surface area contributed by atoms with Crippen molar-refractivity contribution in [2.75, 3.05) is 6.54 Å². The molecule has 6 atom stereocenters. The standard InChI is InChI=1S/C20H30N4O2/c21-6-2-5-15(20(25)23-26)10-18-11-24(12-22-18)19-14-4-1-3-13-7-17(19)9-16(13)8-14/h11-17,19H,1-10,21H2. The Labute approximate surface area is 154 Å². The van der Waals surface area contributed by atoms with Crippen LogP contribution in [-0.2, 0) is 11.2 Å². The molecule has 1 aromatic heterocycles. The van der Waals surface area contributed by atoms with Crippen molar-refractivity contribution >= 4 is 5.91 Å². The normalized spacial score (nSPS) is 33.8. The van der Waals surface area contributed by atoms with Crippen molar-refractivity contribution in [2.24, 2.45) is 40.5 Å². The fraction of sp³-hybridized carbons (Fsp3) is 0.800. The smallest absolute Gasteiger partial charge is 0.289 e. The molecule has 2 N–H and O–H groups in total. The average Bonchev–Trinajstić information content (AvgIpc) is 3.18. The van der Waals surface area contributed by atoms with E-state index in [0.29, 0.717) is 25.4 Å². The number of amides is 1. The van der Waals surface area contributed by atoms with E-state index in [2.05, 4.69) is 20.9 Å². The number of rotatable bonds is 7. The summed E-state index contributed by atoms with van der Waals surface area (Å²) in [6.45, 7) is 0.519. The summed E-state index contributed by atoms with van der Waals surface area (Å²) in [5, 5.41) is 2.64. The molecule has 1 aromatic rings. The van der Waals surface area contributed by atoms with Gasteiger partial charge < -0.3 is 10.3 Å². The molecule has 3 bridgehead atoms. The first-order valence-corrected chi connectivity index (χ1v) is 10.3. The number of hydrogen-bond donors (Lipinski definition) is 1. The van der Waals surface area contributed by atoms with Crippen LogP contribution in [0.25, 0.3) is 0 Å². The summed E-state index contributed by atoms with van der Waals surface area (Å²) in [5.74, 6) is 2.52. The van der Waals surface area contributed by atoms with E-state index in [1.807, 2.05) is 6.33 Å². The number of nitrogens with two attached hydrogens (primary N) is 1. The van der Waals surface area contributed by atoms with E-state index in [-0.39, 0.29) is 5.92 Å². The van der Waals surface area contributed by atoms with Gasteiger partial charge in [0, 0.05) is 29.8 Å². The summed E-state index contributed by atoms with van der Waals surface area (Å²) in [6, 6.07) is 0.570. The molecule has 0 aromatic carbocycles. The Morgan fingerprint density at radius 3 is 2.81 bits per heavy atom. The highest BCUT2D eigenvalue weighted by Crippen LogP contribution is 2.57. The molecule has 1 amide bonds. The van der Waals surface area contributed by atoms with Crippen LogP contribution < -0.4 is 5.73 Å². The van der Waals surface area contributed by atoms with Crippen molar-refractivity contribution in [3.63, 3.8) is 0 Å². The largest absolute Gasteiger partial charge is 0.334 e. The van der Waals surface area contributed by atoms with Crippen LogP contribution in [0.2, 0.25) is 0 Å². The number of imidazole rings is 1. The molecule has 1 heterocycles. The van der Waals surface area contributed by atoms with Gasteiger partial charge in [-0.1, -0.05) is 12.8 Å². The van der Waals surface area contributed by atoms with Crippen LogP contribution in [0, 0.1) is 34.5 Å². The molecular formula is C20H30N4O2. The molecule has 3 aliphatic rings. The van der Waals surface area contributed by atoms with Gasteiger partial charge in [-0.25, -0.2) is 4.98 Å². The molecular weight excluding hydrogens is 328 g/mol. The van der Waals surface area contributed by atoms with E-state index in [4.69, 9.17) is 5.73 Å². The Morgan fingerprint density at radius 2 is 2.00 bits per heavy atom. The minimum atomic E-state index is -0.570. The van der Waals surface area contributed by atoms with E-state index in [1.54, 1.807) is 0 Å². The molecule has 0 aliphatic heterocycles. The summed E-state index contributed by atoms with van der Waals surface area (Å²) in [6.07, 6.45) is 14.2. The zero-order chi connectivity index (χ0) is 18.1. The lowest BCUT2D eigenvalue weighted by Gasteiger charge is -2.37. The van der Waals surface area contributed by atoms with Gasteiger partial charge in [-0.2, -0.15) is 0 Å². The minimum absolute atomic E-state index is 0.388. The van der Waals surface area contributed by atoms with Crippen LogP contribution in [-0.4, -0.2) is 22.0 Å². The predicted molar refractivity (Wildman–Crippen MR) is 99.2 cm³/mol. The maximum Gasteiger partial charge on any atom is 0.289 e. The number of nitrogens with zero attached hydrogens (tertiary/aromatic N) is 3. The third-order valence-electron chi connectivity index (χ3n) is 7.25. The second-order valence-electron chi connectivity index (χ2n) is 8.74. The predicted octanol–water partition coefficient (Wildman–Crippen LogP) is 3.46.